The van der Waals surface area contributed by atoms with E-state index in [4.69, 9.17) is 10.5 Å². The van der Waals surface area contributed by atoms with Crippen LogP contribution in [0.1, 0.15) is 5.56 Å². The predicted octanol–water partition coefficient (Wildman–Crippen LogP) is 0.599. The highest BCUT2D eigenvalue weighted by atomic mass is 32.2. The summed E-state index contributed by atoms with van der Waals surface area (Å²) < 4.78 is 5.64. The molecule has 1 aliphatic heterocycles. The smallest absolute Gasteiger partial charge is 0.230 e. The topological polar surface area (TPSA) is 106 Å². The van der Waals surface area contributed by atoms with E-state index in [1.807, 2.05) is 24.3 Å². The van der Waals surface area contributed by atoms with Gasteiger partial charge in [0.1, 0.15) is 12.4 Å². The van der Waals surface area contributed by atoms with E-state index in [2.05, 4.69) is 20.5 Å². The third kappa shape index (κ3) is 3.46. The fourth-order valence-electron chi connectivity index (χ4n) is 2.14. The highest BCUT2D eigenvalue weighted by Gasteiger charge is 2.21. The number of benzene rings is 1. The Balaban J connectivity index is 1.50. The van der Waals surface area contributed by atoms with E-state index in [1.165, 1.54) is 11.8 Å². The molecule has 0 saturated heterocycles. The van der Waals surface area contributed by atoms with E-state index in [0.29, 0.717) is 11.8 Å². The first-order valence-corrected chi connectivity index (χ1v) is 7.50. The molecule has 1 unspecified atom stereocenters. The van der Waals surface area contributed by atoms with Gasteiger partial charge in [-0.1, -0.05) is 30.0 Å². The van der Waals surface area contributed by atoms with Crippen LogP contribution < -0.4 is 15.8 Å². The predicted molar refractivity (Wildman–Crippen MR) is 79.1 cm³/mol. The number of rotatable bonds is 4. The summed E-state index contributed by atoms with van der Waals surface area (Å²) in [6, 6.07) is 7.85. The number of nitrogens with one attached hydrogen (secondary N) is 2. The number of nitrogen functional groups attached to an aromatic ring is 1. The van der Waals surface area contributed by atoms with Crippen LogP contribution in [0.3, 0.4) is 0 Å². The Bertz CT molecular complexity index is 645. The minimum absolute atomic E-state index is 0.00906. The number of ether oxygens (including phenoxy) is 1. The van der Waals surface area contributed by atoms with Crippen molar-refractivity contribution in [1.82, 2.24) is 20.5 Å². The van der Waals surface area contributed by atoms with Gasteiger partial charge in [-0.25, -0.2) is 5.10 Å². The van der Waals surface area contributed by atoms with Crippen molar-refractivity contribution in [2.75, 3.05) is 18.1 Å². The third-order valence-electron chi connectivity index (χ3n) is 3.06. The van der Waals surface area contributed by atoms with Crippen molar-refractivity contribution in [2.45, 2.75) is 17.6 Å². The van der Waals surface area contributed by atoms with Crippen LogP contribution in [0.25, 0.3) is 0 Å². The van der Waals surface area contributed by atoms with Crippen molar-refractivity contribution in [3.05, 3.63) is 29.8 Å². The quantitative estimate of drug-likeness (QED) is 0.714. The van der Waals surface area contributed by atoms with Gasteiger partial charge < -0.3 is 15.8 Å². The lowest BCUT2D eigenvalue weighted by Crippen LogP contribution is -2.43. The van der Waals surface area contributed by atoms with Crippen LogP contribution in [0.2, 0.25) is 0 Å². The number of nitrogens with zero attached hydrogens (tertiary/aromatic N) is 2. The fraction of sp³-hybridized carbons (Fsp3) is 0.308. The number of aromatic amines is 1. The van der Waals surface area contributed by atoms with Gasteiger partial charge >= 0.3 is 0 Å². The van der Waals surface area contributed by atoms with Crippen molar-refractivity contribution in [1.29, 1.82) is 0 Å². The van der Waals surface area contributed by atoms with Gasteiger partial charge in [-0.3, -0.25) is 4.79 Å². The first kappa shape index (κ1) is 13.7. The average molecular weight is 305 g/mol. The molecule has 0 fully saturated rings. The minimum atomic E-state index is -0.0728. The number of para-hydroxylation sites is 1. The molecule has 2 heterocycles. The number of nitrogens with two attached hydrogens (primary N) is 1. The average Bonchev–Trinajstić information content (AvgIpc) is 2.91. The summed E-state index contributed by atoms with van der Waals surface area (Å²) in [7, 11) is 0. The summed E-state index contributed by atoms with van der Waals surface area (Å²) in [5.74, 6) is 1.32. The second-order valence-electron chi connectivity index (χ2n) is 4.68. The molecule has 2 aromatic rings. The Hall–Kier alpha value is -2.22. The highest BCUT2D eigenvalue weighted by Crippen LogP contribution is 2.24. The summed E-state index contributed by atoms with van der Waals surface area (Å²) in [5.41, 5.74) is 6.53. The Morgan fingerprint density at radius 2 is 2.38 bits per heavy atom. The number of hydrogen-bond donors (Lipinski definition) is 3. The molecule has 0 bridgehead atoms. The van der Waals surface area contributed by atoms with Gasteiger partial charge in [-0.05, 0) is 18.1 Å². The molecule has 0 radical (unpaired) electrons. The molecule has 7 nitrogen and oxygen atoms in total. The lowest BCUT2D eigenvalue weighted by molar-refractivity contribution is -0.119. The number of thioether (sulfide) groups is 1. The zero-order chi connectivity index (χ0) is 14.7. The first-order valence-electron chi connectivity index (χ1n) is 6.51. The molecule has 1 aliphatic rings. The van der Waals surface area contributed by atoms with Gasteiger partial charge in [0.15, 0.2) is 0 Å². The number of hydrogen-bond acceptors (Lipinski definition) is 6. The highest BCUT2D eigenvalue weighted by molar-refractivity contribution is 7.99. The van der Waals surface area contributed by atoms with Crippen LogP contribution in [0, 0.1) is 0 Å². The number of amides is 1. The molecule has 0 spiro atoms. The normalized spacial score (nSPS) is 16.9. The van der Waals surface area contributed by atoms with Crippen molar-refractivity contribution in [3.63, 3.8) is 0 Å². The van der Waals surface area contributed by atoms with Crippen LogP contribution in [0.5, 0.6) is 5.75 Å². The number of fused-ring (bicyclic) bond motifs is 1. The molecular formula is C13H15N5O2S. The Kier molecular flexibility index (Phi) is 3.96. The van der Waals surface area contributed by atoms with Crippen LogP contribution in [-0.2, 0) is 11.2 Å². The van der Waals surface area contributed by atoms with Gasteiger partial charge in [-0.2, -0.15) is 4.98 Å². The van der Waals surface area contributed by atoms with Crippen molar-refractivity contribution >= 4 is 23.6 Å². The van der Waals surface area contributed by atoms with E-state index in [9.17, 15) is 4.79 Å². The number of carbonyl (C=O) groups excluding carboxylic acids is 1. The molecular weight excluding hydrogens is 290 g/mol. The second kappa shape index (κ2) is 6.04. The lowest BCUT2D eigenvalue weighted by atomic mass is 10.0. The molecule has 110 valence electrons. The van der Waals surface area contributed by atoms with E-state index in [0.717, 1.165) is 17.7 Å². The maximum atomic E-state index is 11.9. The minimum Gasteiger partial charge on any atom is -0.491 e. The fourth-order valence-corrected chi connectivity index (χ4v) is 2.76. The standard InChI is InChI=1S/C13H15N5O2S/c14-12-16-13(18-17-12)21-7-11(19)15-9-5-8-3-1-2-4-10(8)20-6-9/h1-4,9H,5-7H2,(H,15,19)(H3,14,16,17,18). The molecule has 8 heteroatoms. The molecule has 0 saturated carbocycles. The van der Waals surface area contributed by atoms with Crippen LogP contribution in [0.15, 0.2) is 29.4 Å². The third-order valence-corrected chi connectivity index (χ3v) is 3.91. The summed E-state index contributed by atoms with van der Waals surface area (Å²) in [4.78, 5) is 15.8. The van der Waals surface area contributed by atoms with Crippen LogP contribution in [-0.4, -0.2) is 39.5 Å². The Morgan fingerprint density at radius 3 is 3.19 bits per heavy atom. The number of carbonyl (C=O) groups is 1. The zero-order valence-corrected chi connectivity index (χ0v) is 12.0. The summed E-state index contributed by atoms with van der Waals surface area (Å²) >= 11 is 1.24. The summed E-state index contributed by atoms with van der Waals surface area (Å²) in [5, 5.41) is 9.81. The van der Waals surface area contributed by atoms with Crippen molar-refractivity contribution in [2.24, 2.45) is 0 Å². The lowest BCUT2D eigenvalue weighted by Gasteiger charge is -2.25. The van der Waals surface area contributed by atoms with E-state index in [-0.39, 0.29) is 23.7 Å². The summed E-state index contributed by atoms with van der Waals surface area (Å²) in [6.07, 6.45) is 0.778. The van der Waals surface area contributed by atoms with Gasteiger partial charge in [0.2, 0.25) is 17.0 Å². The Morgan fingerprint density at radius 1 is 1.52 bits per heavy atom. The number of anilines is 1. The number of aromatic nitrogens is 3. The van der Waals surface area contributed by atoms with Crippen LogP contribution in [0.4, 0.5) is 5.95 Å². The van der Waals surface area contributed by atoms with Gasteiger partial charge in [0.05, 0.1) is 11.8 Å². The summed E-state index contributed by atoms with van der Waals surface area (Å²) in [6.45, 7) is 0.487. The molecule has 4 N–H and O–H groups in total. The molecule has 1 amide bonds. The molecule has 21 heavy (non-hydrogen) atoms. The van der Waals surface area contributed by atoms with Gasteiger partial charge in [0, 0.05) is 0 Å². The maximum absolute atomic E-state index is 11.9. The zero-order valence-electron chi connectivity index (χ0n) is 11.2. The Labute approximate surface area is 125 Å². The van der Waals surface area contributed by atoms with Crippen molar-refractivity contribution in [3.8, 4) is 5.75 Å². The van der Waals surface area contributed by atoms with Crippen molar-refractivity contribution < 1.29 is 9.53 Å². The maximum Gasteiger partial charge on any atom is 0.230 e. The molecule has 1 aromatic carbocycles. The molecule has 3 rings (SSSR count). The van der Waals surface area contributed by atoms with Crippen LogP contribution >= 0.6 is 11.8 Å². The molecule has 1 aromatic heterocycles. The monoisotopic (exact) mass is 305 g/mol. The van der Waals surface area contributed by atoms with E-state index >= 15 is 0 Å². The SMILES string of the molecule is Nc1nc(SCC(=O)NC2COc3ccccc3C2)n[nH]1. The van der Waals surface area contributed by atoms with Gasteiger partial charge in [-0.15, -0.1) is 5.10 Å². The second-order valence-corrected chi connectivity index (χ2v) is 5.62. The first-order chi connectivity index (χ1) is 10.2. The van der Waals surface area contributed by atoms with E-state index in [1.54, 1.807) is 0 Å². The van der Waals surface area contributed by atoms with Gasteiger partial charge in [0.25, 0.3) is 0 Å². The molecule has 0 aliphatic carbocycles. The number of H-pyrrole nitrogens is 1. The van der Waals surface area contributed by atoms with E-state index < -0.39 is 0 Å². The largest absolute Gasteiger partial charge is 0.491 e. The molecule has 1 atom stereocenters.